The molecule has 0 radical (unpaired) electrons. The van der Waals surface area contributed by atoms with Gasteiger partial charge in [-0.05, 0) is 30.7 Å². The smallest absolute Gasteiger partial charge is 0.386 e. The minimum absolute atomic E-state index is 0.304. The summed E-state index contributed by atoms with van der Waals surface area (Å²) in [5.41, 5.74) is 5.04. The molecule has 1 aromatic carbocycles. The third-order valence-electron chi connectivity index (χ3n) is 3.39. The highest BCUT2D eigenvalue weighted by atomic mass is 19.4. The van der Waals surface area contributed by atoms with Crippen molar-refractivity contribution in [2.45, 2.75) is 13.1 Å². The van der Waals surface area contributed by atoms with Crippen molar-refractivity contribution < 1.29 is 22.9 Å². The molecule has 0 aliphatic carbocycles. The molecular formula is C16H16F3N4O2+. The molecule has 0 aliphatic heterocycles. The van der Waals surface area contributed by atoms with Crippen molar-refractivity contribution in [1.29, 1.82) is 5.41 Å². The molecule has 1 heterocycles. The van der Waals surface area contributed by atoms with Crippen molar-refractivity contribution in [3.8, 4) is 5.75 Å². The van der Waals surface area contributed by atoms with Crippen molar-refractivity contribution in [2.24, 2.45) is 10.7 Å². The molecule has 4 N–H and O–H groups in total. The maximum Gasteiger partial charge on any atom is 0.418 e. The minimum Gasteiger partial charge on any atom is -0.386 e. The summed E-state index contributed by atoms with van der Waals surface area (Å²) in [4.78, 5) is 7.39. The molecule has 0 unspecified atom stereocenters. The molecule has 0 fully saturated rings. The molecule has 2 rings (SSSR count). The van der Waals surface area contributed by atoms with Gasteiger partial charge in [-0.2, -0.15) is 13.2 Å². The second kappa shape index (κ2) is 6.89. The fourth-order valence-corrected chi connectivity index (χ4v) is 2.11. The molecule has 2 aromatic rings. The summed E-state index contributed by atoms with van der Waals surface area (Å²) in [5.74, 6) is -0.557. The molecule has 25 heavy (non-hydrogen) atoms. The van der Waals surface area contributed by atoms with E-state index in [9.17, 15) is 18.4 Å². The molecule has 132 valence electrons. The zero-order valence-electron chi connectivity index (χ0n) is 13.4. The van der Waals surface area contributed by atoms with Gasteiger partial charge in [-0.25, -0.2) is 4.99 Å². The quantitative estimate of drug-likeness (QED) is 0.259. The Bertz CT molecular complexity index is 832. The van der Waals surface area contributed by atoms with Crippen molar-refractivity contribution in [2.75, 3.05) is 7.11 Å². The minimum atomic E-state index is -4.64. The van der Waals surface area contributed by atoms with Gasteiger partial charge in [-0.1, -0.05) is 5.26 Å². The van der Waals surface area contributed by atoms with Crippen molar-refractivity contribution in [3.05, 3.63) is 58.9 Å². The molecule has 0 saturated heterocycles. The Morgan fingerprint density at radius 2 is 2.00 bits per heavy atom. The van der Waals surface area contributed by atoms with Gasteiger partial charge < -0.3 is 10.3 Å². The molecule has 0 aliphatic rings. The second-order valence-electron chi connectivity index (χ2n) is 5.20. The van der Waals surface area contributed by atoms with Gasteiger partial charge in [0, 0.05) is 23.9 Å². The lowest BCUT2D eigenvalue weighted by atomic mass is 10.1. The number of halogens is 3. The lowest BCUT2D eigenvalue weighted by molar-refractivity contribution is -0.350. The Kier molecular flexibility index (Phi) is 5.07. The van der Waals surface area contributed by atoms with Gasteiger partial charge in [0.1, 0.15) is 5.69 Å². The number of pyridine rings is 1. The van der Waals surface area contributed by atoms with E-state index in [0.29, 0.717) is 16.9 Å². The van der Waals surface area contributed by atoms with E-state index >= 15 is 0 Å². The van der Waals surface area contributed by atoms with Crippen LogP contribution >= 0.6 is 0 Å². The molecule has 6 nitrogen and oxygen atoms in total. The van der Waals surface area contributed by atoms with E-state index in [0.717, 1.165) is 12.1 Å². The van der Waals surface area contributed by atoms with Crippen LogP contribution in [0, 0.1) is 12.3 Å². The molecule has 0 atom stereocenters. The summed E-state index contributed by atoms with van der Waals surface area (Å²) in [6.07, 6.45) is -3.47. The van der Waals surface area contributed by atoms with Gasteiger partial charge in [-0.3, -0.25) is 10.4 Å². The Labute approximate surface area is 141 Å². The maximum atomic E-state index is 13.0. The van der Waals surface area contributed by atoms with Gasteiger partial charge in [0.05, 0.1) is 5.56 Å². The SMILES string of the molecule is Cc1ccc([O+](C)O)cc1C(=N)N=C(N)c1ncccc1C(F)(F)F. The first kappa shape index (κ1) is 18.4. The number of amidine groups is 2. The topological polar surface area (TPSA) is 98.0 Å². The predicted octanol–water partition coefficient (Wildman–Crippen LogP) is 3.51. The molecular weight excluding hydrogens is 337 g/mol. The van der Waals surface area contributed by atoms with Crippen LogP contribution < -0.4 is 5.73 Å². The average molecular weight is 353 g/mol. The van der Waals surface area contributed by atoms with Gasteiger partial charge in [0.15, 0.2) is 11.7 Å². The van der Waals surface area contributed by atoms with E-state index in [-0.39, 0.29) is 5.84 Å². The molecule has 0 spiro atoms. The zero-order chi connectivity index (χ0) is 18.8. The highest BCUT2D eigenvalue weighted by Gasteiger charge is 2.35. The number of aromatic nitrogens is 1. The Morgan fingerprint density at radius 1 is 1.32 bits per heavy atom. The fraction of sp³-hybridized carbons (Fsp3) is 0.188. The van der Waals surface area contributed by atoms with Crippen LogP contribution in [-0.4, -0.2) is 29.0 Å². The maximum absolute atomic E-state index is 13.0. The Balaban J connectivity index is 2.45. The van der Waals surface area contributed by atoms with Crippen LogP contribution in [-0.2, 0) is 10.7 Å². The Hall–Kier alpha value is -2.94. The summed E-state index contributed by atoms with van der Waals surface area (Å²) in [6, 6.07) is 6.66. The second-order valence-corrected chi connectivity index (χ2v) is 5.20. The first-order valence-corrected chi connectivity index (χ1v) is 7.02. The average Bonchev–Trinajstić information content (AvgIpc) is 2.54. The monoisotopic (exact) mass is 353 g/mol. The Morgan fingerprint density at radius 3 is 2.60 bits per heavy atom. The van der Waals surface area contributed by atoms with E-state index in [1.807, 2.05) is 0 Å². The van der Waals surface area contributed by atoms with Gasteiger partial charge in [0.2, 0.25) is 7.11 Å². The van der Waals surface area contributed by atoms with Gasteiger partial charge in [0.25, 0.3) is 5.75 Å². The van der Waals surface area contributed by atoms with E-state index in [4.69, 9.17) is 11.1 Å². The third-order valence-corrected chi connectivity index (χ3v) is 3.39. The first-order chi connectivity index (χ1) is 11.6. The van der Waals surface area contributed by atoms with Gasteiger partial charge in [-0.15, -0.1) is 0 Å². The number of benzene rings is 1. The number of hydrogen-bond donors (Lipinski definition) is 3. The third kappa shape index (κ3) is 4.13. The lowest BCUT2D eigenvalue weighted by Crippen LogP contribution is -2.23. The van der Waals surface area contributed by atoms with Crippen LogP contribution in [0.15, 0.2) is 41.5 Å². The summed E-state index contributed by atoms with van der Waals surface area (Å²) in [7, 11) is 1.32. The first-order valence-electron chi connectivity index (χ1n) is 7.02. The van der Waals surface area contributed by atoms with Crippen LogP contribution in [0.4, 0.5) is 13.2 Å². The summed E-state index contributed by atoms with van der Waals surface area (Å²) in [6.45, 7) is 1.70. The van der Waals surface area contributed by atoms with Crippen molar-refractivity contribution in [1.82, 2.24) is 4.98 Å². The van der Waals surface area contributed by atoms with Crippen LogP contribution in [0.25, 0.3) is 0 Å². The zero-order valence-corrected chi connectivity index (χ0v) is 13.4. The number of nitrogens with one attached hydrogen (secondary N) is 1. The summed E-state index contributed by atoms with van der Waals surface area (Å²) in [5, 5.41) is 17.4. The van der Waals surface area contributed by atoms with Crippen LogP contribution in [0.3, 0.4) is 0 Å². The van der Waals surface area contributed by atoms with Crippen LogP contribution in [0.5, 0.6) is 5.75 Å². The van der Waals surface area contributed by atoms with E-state index in [1.165, 1.54) is 19.4 Å². The highest BCUT2D eigenvalue weighted by molar-refractivity contribution is 6.10. The number of nitrogens with zero attached hydrogens (tertiary/aromatic N) is 2. The summed E-state index contributed by atoms with van der Waals surface area (Å²) >= 11 is 0. The highest BCUT2D eigenvalue weighted by Crippen LogP contribution is 2.31. The van der Waals surface area contributed by atoms with E-state index in [2.05, 4.69) is 9.98 Å². The van der Waals surface area contributed by atoms with E-state index < -0.39 is 23.3 Å². The number of rotatable bonds is 3. The number of alkyl halides is 3. The molecule has 0 saturated carbocycles. The number of aliphatic imine (C=N–C) groups is 1. The predicted molar refractivity (Wildman–Crippen MR) is 87.1 cm³/mol. The van der Waals surface area contributed by atoms with Crippen LogP contribution in [0.1, 0.15) is 22.4 Å². The number of nitrogens with two attached hydrogens (primary N) is 1. The van der Waals surface area contributed by atoms with Crippen molar-refractivity contribution >= 4 is 11.7 Å². The molecule has 9 heteroatoms. The van der Waals surface area contributed by atoms with Gasteiger partial charge >= 0.3 is 6.18 Å². The molecule has 0 bridgehead atoms. The fourth-order valence-electron chi connectivity index (χ4n) is 2.11. The molecule has 1 aromatic heterocycles. The van der Waals surface area contributed by atoms with Crippen molar-refractivity contribution in [3.63, 3.8) is 0 Å². The molecule has 0 amide bonds. The van der Waals surface area contributed by atoms with Crippen LogP contribution in [0.2, 0.25) is 0 Å². The normalized spacial score (nSPS) is 12.2. The number of hydrogen-bond acceptors (Lipinski definition) is 3. The number of aryl methyl sites for hydroxylation is 1. The summed E-state index contributed by atoms with van der Waals surface area (Å²) < 4.78 is 40.8. The standard InChI is InChI=1S/C16H16F3N4O2/c1-9-5-6-10(25(2)24)8-11(9)14(20)23-15(21)13-12(16(17,18)19)4-3-7-22-13/h3-8,24H,1-2H3,(H3,20,21,23)/q+1. The lowest BCUT2D eigenvalue weighted by Gasteiger charge is -2.12. The largest absolute Gasteiger partial charge is 0.418 e. The van der Waals surface area contributed by atoms with E-state index in [1.54, 1.807) is 23.6 Å².